The Morgan fingerprint density at radius 3 is 2.61 bits per heavy atom. The number of hydrogen-bond acceptors (Lipinski definition) is 3. The van der Waals surface area contributed by atoms with E-state index < -0.39 is 0 Å². The van der Waals surface area contributed by atoms with Crippen molar-refractivity contribution in [1.82, 2.24) is 15.3 Å². The van der Waals surface area contributed by atoms with Crippen LogP contribution in [0.25, 0.3) is 0 Å². The Kier molecular flexibility index (Phi) is 4.28. The molecule has 3 nitrogen and oxygen atoms in total. The summed E-state index contributed by atoms with van der Waals surface area (Å²) in [5.74, 6) is 0. The first kappa shape index (κ1) is 13.0. The molecule has 0 radical (unpaired) electrons. The van der Waals surface area contributed by atoms with Crippen molar-refractivity contribution in [3.8, 4) is 0 Å². The smallest absolute Gasteiger partial charge is 0.0802 e. The van der Waals surface area contributed by atoms with Crippen molar-refractivity contribution in [2.75, 3.05) is 6.54 Å². The molecule has 0 aliphatic carbocycles. The van der Waals surface area contributed by atoms with E-state index >= 15 is 0 Å². The van der Waals surface area contributed by atoms with Gasteiger partial charge in [-0.3, -0.25) is 9.97 Å². The Balaban J connectivity index is 2.40. The van der Waals surface area contributed by atoms with Gasteiger partial charge in [0.05, 0.1) is 23.6 Å². The average Bonchev–Trinajstić information content (AvgIpc) is 2.38. The molecule has 0 fully saturated rings. The van der Waals surface area contributed by atoms with Crippen molar-refractivity contribution in [2.45, 2.75) is 19.9 Å². The molecule has 0 saturated heterocycles. The Hall–Kier alpha value is -1.45. The molecule has 2 rings (SSSR count). The van der Waals surface area contributed by atoms with E-state index in [1.54, 1.807) is 12.4 Å². The van der Waals surface area contributed by atoms with Crippen LogP contribution >= 0.6 is 11.6 Å². The van der Waals surface area contributed by atoms with Gasteiger partial charge in [-0.05, 0) is 25.1 Å². The fourth-order valence-corrected chi connectivity index (χ4v) is 2.08. The fraction of sp³-hybridized carbons (Fsp3) is 0.286. The highest BCUT2D eigenvalue weighted by Gasteiger charge is 2.17. The Bertz CT molecular complexity index is 511. The molecule has 0 aliphatic heterocycles. The molecule has 0 aliphatic rings. The topological polar surface area (TPSA) is 37.8 Å². The first-order valence-corrected chi connectivity index (χ1v) is 6.36. The van der Waals surface area contributed by atoms with E-state index in [4.69, 9.17) is 11.6 Å². The van der Waals surface area contributed by atoms with E-state index in [0.29, 0.717) is 0 Å². The summed E-state index contributed by atoms with van der Waals surface area (Å²) in [6.07, 6.45) is 3.57. The SMILES string of the molecule is CCNC(c1cnc(C)cn1)c1ccccc1Cl. The maximum atomic E-state index is 6.25. The third-order valence-corrected chi connectivity index (χ3v) is 3.07. The number of nitrogens with one attached hydrogen (secondary N) is 1. The molecular weight excluding hydrogens is 246 g/mol. The molecule has 1 aromatic heterocycles. The molecule has 4 heteroatoms. The van der Waals surface area contributed by atoms with Gasteiger partial charge < -0.3 is 5.32 Å². The van der Waals surface area contributed by atoms with Crippen LogP contribution in [0, 0.1) is 6.92 Å². The zero-order valence-corrected chi connectivity index (χ0v) is 11.3. The highest BCUT2D eigenvalue weighted by molar-refractivity contribution is 6.31. The lowest BCUT2D eigenvalue weighted by atomic mass is 10.0. The van der Waals surface area contributed by atoms with Crippen LogP contribution in [0.4, 0.5) is 0 Å². The molecule has 0 saturated carbocycles. The molecule has 1 N–H and O–H groups in total. The largest absolute Gasteiger partial charge is 0.305 e. The molecule has 1 atom stereocenters. The monoisotopic (exact) mass is 261 g/mol. The minimum Gasteiger partial charge on any atom is -0.305 e. The molecule has 1 aromatic carbocycles. The first-order chi connectivity index (χ1) is 8.72. The van der Waals surface area contributed by atoms with Gasteiger partial charge in [-0.2, -0.15) is 0 Å². The summed E-state index contributed by atoms with van der Waals surface area (Å²) in [7, 11) is 0. The second-order valence-corrected chi connectivity index (χ2v) is 4.50. The lowest BCUT2D eigenvalue weighted by Gasteiger charge is -2.18. The van der Waals surface area contributed by atoms with E-state index in [9.17, 15) is 0 Å². The van der Waals surface area contributed by atoms with Crippen LogP contribution in [0.5, 0.6) is 0 Å². The molecule has 0 spiro atoms. The number of rotatable bonds is 4. The third kappa shape index (κ3) is 2.86. The maximum absolute atomic E-state index is 6.25. The van der Waals surface area contributed by atoms with Crippen molar-refractivity contribution >= 4 is 11.6 Å². The van der Waals surface area contributed by atoms with Gasteiger partial charge in [0.15, 0.2) is 0 Å². The molecule has 0 amide bonds. The molecule has 0 bridgehead atoms. The lowest BCUT2D eigenvalue weighted by molar-refractivity contribution is 0.612. The van der Waals surface area contributed by atoms with Crippen molar-refractivity contribution in [1.29, 1.82) is 0 Å². The predicted octanol–water partition coefficient (Wildman–Crippen LogP) is 3.14. The Morgan fingerprint density at radius 1 is 1.22 bits per heavy atom. The summed E-state index contributed by atoms with van der Waals surface area (Å²) in [5, 5.41) is 4.13. The second-order valence-electron chi connectivity index (χ2n) is 4.09. The standard InChI is InChI=1S/C14H16ClN3/c1-3-16-14(11-6-4-5-7-12(11)15)13-9-17-10(2)8-18-13/h4-9,14,16H,3H2,1-2H3. The van der Waals surface area contributed by atoms with Gasteiger partial charge in [-0.25, -0.2) is 0 Å². The fourth-order valence-electron chi connectivity index (χ4n) is 1.84. The number of halogens is 1. The van der Waals surface area contributed by atoms with Gasteiger partial charge in [0.1, 0.15) is 0 Å². The maximum Gasteiger partial charge on any atom is 0.0802 e. The van der Waals surface area contributed by atoms with Crippen molar-refractivity contribution in [2.24, 2.45) is 0 Å². The number of benzene rings is 1. The number of aryl methyl sites for hydroxylation is 1. The van der Waals surface area contributed by atoms with E-state index in [1.807, 2.05) is 31.2 Å². The van der Waals surface area contributed by atoms with Crippen LogP contribution in [0.1, 0.15) is 29.9 Å². The zero-order chi connectivity index (χ0) is 13.0. The van der Waals surface area contributed by atoms with Gasteiger partial charge in [0, 0.05) is 11.2 Å². The van der Waals surface area contributed by atoms with Gasteiger partial charge in [-0.15, -0.1) is 0 Å². The lowest BCUT2D eigenvalue weighted by Crippen LogP contribution is -2.23. The average molecular weight is 262 g/mol. The molecular formula is C14H16ClN3. The van der Waals surface area contributed by atoms with Gasteiger partial charge in [0.25, 0.3) is 0 Å². The Labute approximate surface area is 112 Å². The van der Waals surface area contributed by atoms with Gasteiger partial charge in [-0.1, -0.05) is 36.7 Å². The van der Waals surface area contributed by atoms with Crippen LogP contribution in [-0.4, -0.2) is 16.5 Å². The third-order valence-electron chi connectivity index (χ3n) is 2.72. The summed E-state index contributed by atoms with van der Waals surface area (Å²) >= 11 is 6.25. The minimum atomic E-state index is -0.0169. The highest BCUT2D eigenvalue weighted by Crippen LogP contribution is 2.26. The number of nitrogens with zero attached hydrogens (tertiary/aromatic N) is 2. The minimum absolute atomic E-state index is 0.0169. The van der Waals surface area contributed by atoms with Crippen LogP contribution in [-0.2, 0) is 0 Å². The molecule has 94 valence electrons. The molecule has 1 unspecified atom stereocenters. The summed E-state index contributed by atoms with van der Waals surface area (Å²) < 4.78 is 0. The Morgan fingerprint density at radius 2 is 2.00 bits per heavy atom. The van der Waals surface area contributed by atoms with E-state index in [2.05, 4.69) is 22.2 Å². The van der Waals surface area contributed by atoms with Crippen molar-refractivity contribution in [3.05, 3.63) is 58.6 Å². The van der Waals surface area contributed by atoms with Gasteiger partial charge >= 0.3 is 0 Å². The normalized spacial score (nSPS) is 12.4. The quantitative estimate of drug-likeness (QED) is 0.919. The van der Waals surface area contributed by atoms with Crippen LogP contribution in [0.2, 0.25) is 5.02 Å². The number of hydrogen-bond donors (Lipinski definition) is 1. The molecule has 2 aromatic rings. The summed E-state index contributed by atoms with van der Waals surface area (Å²) in [5.41, 5.74) is 2.82. The van der Waals surface area contributed by atoms with E-state index in [-0.39, 0.29) is 6.04 Å². The van der Waals surface area contributed by atoms with E-state index in [0.717, 1.165) is 28.5 Å². The van der Waals surface area contributed by atoms with E-state index in [1.165, 1.54) is 0 Å². The summed E-state index contributed by atoms with van der Waals surface area (Å²) in [6, 6.07) is 7.79. The first-order valence-electron chi connectivity index (χ1n) is 5.98. The van der Waals surface area contributed by atoms with Crippen molar-refractivity contribution < 1.29 is 0 Å². The summed E-state index contributed by atoms with van der Waals surface area (Å²) in [6.45, 7) is 4.82. The highest BCUT2D eigenvalue weighted by atomic mass is 35.5. The van der Waals surface area contributed by atoms with Crippen LogP contribution in [0.15, 0.2) is 36.7 Å². The molecule has 1 heterocycles. The number of aromatic nitrogens is 2. The zero-order valence-electron chi connectivity index (χ0n) is 10.5. The second kappa shape index (κ2) is 5.94. The van der Waals surface area contributed by atoms with Crippen LogP contribution < -0.4 is 5.32 Å². The van der Waals surface area contributed by atoms with Gasteiger partial charge in [0.2, 0.25) is 0 Å². The summed E-state index contributed by atoms with van der Waals surface area (Å²) in [4.78, 5) is 8.72. The molecule has 18 heavy (non-hydrogen) atoms. The van der Waals surface area contributed by atoms with Crippen LogP contribution in [0.3, 0.4) is 0 Å². The van der Waals surface area contributed by atoms with Crippen molar-refractivity contribution in [3.63, 3.8) is 0 Å². The predicted molar refractivity (Wildman–Crippen MR) is 73.7 cm³/mol.